The van der Waals surface area contributed by atoms with Crippen LogP contribution >= 0.6 is 12.2 Å². The summed E-state index contributed by atoms with van der Waals surface area (Å²) in [5.41, 5.74) is 6.26. The largest absolute Gasteiger partial charge is 0.490 e. The van der Waals surface area contributed by atoms with Gasteiger partial charge < -0.3 is 9.47 Å². The van der Waals surface area contributed by atoms with Crippen LogP contribution in [-0.2, 0) is 11.2 Å². The van der Waals surface area contributed by atoms with E-state index < -0.39 is 5.91 Å². The zero-order valence-corrected chi connectivity index (χ0v) is 18.1. The molecule has 7 nitrogen and oxygen atoms in total. The second-order valence-corrected chi connectivity index (χ2v) is 7.06. The first-order valence-electron chi connectivity index (χ1n) is 9.95. The smallest absolute Gasteiger partial charge is 0.257 e. The van der Waals surface area contributed by atoms with Crippen LogP contribution in [0.1, 0.15) is 15.9 Å². The van der Waals surface area contributed by atoms with Crippen LogP contribution in [0.5, 0.6) is 11.5 Å². The zero-order valence-electron chi connectivity index (χ0n) is 17.2. The molecule has 0 unspecified atom stereocenters. The molecule has 2 amide bonds. The maximum absolute atomic E-state index is 12.3. The minimum atomic E-state index is -0.404. The van der Waals surface area contributed by atoms with Crippen molar-refractivity contribution in [1.82, 2.24) is 16.2 Å². The van der Waals surface area contributed by atoms with E-state index in [9.17, 15) is 9.59 Å². The topological polar surface area (TPSA) is 88.7 Å². The molecule has 0 aliphatic carbocycles. The average Bonchev–Trinajstić information content (AvgIpc) is 2.82. The molecule has 0 aliphatic rings. The lowest BCUT2D eigenvalue weighted by Crippen LogP contribution is -2.48. The molecule has 8 heteroatoms. The SMILES string of the molecule is O=C(Cc1ccccc1)NNC(=S)NC(=O)c1ccc(OCCOc2ccccc2)cc1. The summed E-state index contributed by atoms with van der Waals surface area (Å²) in [6, 6.07) is 25.4. The molecule has 0 radical (unpaired) electrons. The van der Waals surface area contributed by atoms with Gasteiger partial charge in [0, 0.05) is 5.56 Å². The van der Waals surface area contributed by atoms with Crippen LogP contribution in [0.2, 0.25) is 0 Å². The van der Waals surface area contributed by atoms with Crippen molar-refractivity contribution in [3.63, 3.8) is 0 Å². The van der Waals surface area contributed by atoms with Gasteiger partial charge >= 0.3 is 0 Å². The summed E-state index contributed by atoms with van der Waals surface area (Å²) in [7, 11) is 0. The van der Waals surface area contributed by atoms with Gasteiger partial charge in [0.25, 0.3) is 5.91 Å². The molecule has 0 spiro atoms. The number of hydrogen-bond donors (Lipinski definition) is 3. The van der Waals surface area contributed by atoms with E-state index in [0.717, 1.165) is 11.3 Å². The number of para-hydroxylation sites is 1. The fraction of sp³-hybridized carbons (Fsp3) is 0.125. The van der Waals surface area contributed by atoms with Gasteiger partial charge in [-0.1, -0.05) is 48.5 Å². The molecular formula is C24H23N3O4S. The Hall–Kier alpha value is -3.91. The van der Waals surface area contributed by atoms with Gasteiger partial charge in [0.2, 0.25) is 5.91 Å². The highest BCUT2D eigenvalue weighted by atomic mass is 32.1. The molecule has 164 valence electrons. The Morgan fingerprint density at radius 1 is 0.719 bits per heavy atom. The third-order valence-electron chi connectivity index (χ3n) is 4.23. The van der Waals surface area contributed by atoms with Crippen LogP contribution in [0.25, 0.3) is 0 Å². The summed E-state index contributed by atoms with van der Waals surface area (Å²) in [4.78, 5) is 24.2. The summed E-state index contributed by atoms with van der Waals surface area (Å²) >= 11 is 5.05. The molecule has 0 bridgehead atoms. The van der Waals surface area contributed by atoms with Crippen LogP contribution < -0.4 is 25.6 Å². The Labute approximate surface area is 191 Å². The number of amides is 2. The predicted molar refractivity (Wildman–Crippen MR) is 125 cm³/mol. The first-order valence-corrected chi connectivity index (χ1v) is 10.4. The molecule has 0 atom stereocenters. The molecule has 0 aromatic heterocycles. The number of ether oxygens (including phenoxy) is 2. The minimum Gasteiger partial charge on any atom is -0.490 e. The maximum atomic E-state index is 12.3. The molecule has 3 rings (SSSR count). The maximum Gasteiger partial charge on any atom is 0.257 e. The van der Waals surface area contributed by atoms with Gasteiger partial charge in [-0.15, -0.1) is 0 Å². The second-order valence-electron chi connectivity index (χ2n) is 6.65. The van der Waals surface area contributed by atoms with E-state index in [4.69, 9.17) is 21.7 Å². The Balaban J connectivity index is 1.36. The highest BCUT2D eigenvalue weighted by molar-refractivity contribution is 7.80. The van der Waals surface area contributed by atoms with Gasteiger partial charge in [0.05, 0.1) is 6.42 Å². The molecule has 0 fully saturated rings. The van der Waals surface area contributed by atoms with Crippen LogP contribution in [0.3, 0.4) is 0 Å². The number of carbonyl (C=O) groups excluding carboxylic acids is 2. The predicted octanol–water partition coefficient (Wildman–Crippen LogP) is 3.02. The Morgan fingerprint density at radius 3 is 1.91 bits per heavy atom. The lowest BCUT2D eigenvalue weighted by atomic mass is 10.1. The first kappa shape index (κ1) is 22.8. The van der Waals surface area contributed by atoms with Crippen LogP contribution in [-0.4, -0.2) is 30.1 Å². The van der Waals surface area contributed by atoms with E-state index in [1.54, 1.807) is 24.3 Å². The van der Waals surface area contributed by atoms with Gasteiger partial charge in [-0.3, -0.25) is 25.8 Å². The van der Waals surface area contributed by atoms with E-state index in [0.29, 0.717) is 24.5 Å². The third-order valence-corrected chi connectivity index (χ3v) is 4.43. The number of hydrazine groups is 1. The van der Waals surface area contributed by atoms with Crippen molar-refractivity contribution < 1.29 is 19.1 Å². The Bertz CT molecular complexity index is 1030. The summed E-state index contributed by atoms with van der Waals surface area (Å²) in [5.74, 6) is 0.723. The lowest BCUT2D eigenvalue weighted by Gasteiger charge is -2.11. The summed E-state index contributed by atoms with van der Waals surface area (Å²) < 4.78 is 11.2. The molecule has 0 aliphatic heterocycles. The average molecular weight is 450 g/mol. The number of nitrogens with one attached hydrogen (secondary N) is 3. The van der Waals surface area contributed by atoms with Crippen LogP contribution in [0, 0.1) is 0 Å². The van der Waals surface area contributed by atoms with E-state index in [1.165, 1.54) is 0 Å². The summed E-state index contributed by atoms with van der Waals surface area (Å²) in [6.45, 7) is 0.777. The van der Waals surface area contributed by atoms with Gasteiger partial charge in [0.1, 0.15) is 24.7 Å². The second kappa shape index (κ2) is 12.1. The summed E-state index contributed by atoms with van der Waals surface area (Å²) in [6.07, 6.45) is 0.197. The third kappa shape index (κ3) is 7.73. The van der Waals surface area contributed by atoms with Crippen molar-refractivity contribution in [3.8, 4) is 11.5 Å². The molecule has 0 heterocycles. The summed E-state index contributed by atoms with van der Waals surface area (Å²) in [5, 5.41) is 2.51. The van der Waals surface area contributed by atoms with E-state index >= 15 is 0 Å². The van der Waals surface area contributed by atoms with E-state index in [1.807, 2.05) is 60.7 Å². The van der Waals surface area contributed by atoms with Crippen molar-refractivity contribution in [1.29, 1.82) is 0 Å². The Kier molecular flexibility index (Phi) is 8.59. The highest BCUT2D eigenvalue weighted by Gasteiger charge is 2.09. The van der Waals surface area contributed by atoms with Crippen molar-refractivity contribution in [2.24, 2.45) is 0 Å². The fourth-order valence-electron chi connectivity index (χ4n) is 2.70. The zero-order chi connectivity index (χ0) is 22.6. The number of thiocarbonyl (C=S) groups is 1. The number of hydrogen-bond acceptors (Lipinski definition) is 5. The molecular weight excluding hydrogens is 426 g/mol. The lowest BCUT2D eigenvalue weighted by molar-refractivity contribution is -0.121. The number of benzene rings is 3. The molecule has 0 saturated heterocycles. The number of rotatable bonds is 8. The minimum absolute atomic E-state index is 0.00482. The van der Waals surface area contributed by atoms with Gasteiger partial charge in [0.15, 0.2) is 5.11 Å². The van der Waals surface area contributed by atoms with E-state index in [2.05, 4.69) is 16.2 Å². The monoisotopic (exact) mass is 449 g/mol. The molecule has 32 heavy (non-hydrogen) atoms. The van der Waals surface area contributed by atoms with Crippen LogP contribution in [0.4, 0.5) is 0 Å². The van der Waals surface area contributed by atoms with Crippen molar-refractivity contribution >= 4 is 29.1 Å². The quantitative estimate of drug-likeness (QED) is 0.278. The number of carbonyl (C=O) groups is 2. The van der Waals surface area contributed by atoms with E-state index in [-0.39, 0.29) is 17.4 Å². The van der Waals surface area contributed by atoms with Gasteiger partial charge in [-0.25, -0.2) is 0 Å². The molecule has 3 aromatic rings. The standard InChI is InChI=1S/C24H23N3O4S/c28-22(17-18-7-3-1-4-8-18)26-27-24(32)25-23(29)19-11-13-21(14-12-19)31-16-15-30-20-9-5-2-6-10-20/h1-14H,15-17H2,(H,26,28)(H2,25,27,29,32). The van der Waals surface area contributed by atoms with Crippen LogP contribution in [0.15, 0.2) is 84.9 Å². The van der Waals surface area contributed by atoms with Crippen molar-refractivity contribution in [2.75, 3.05) is 13.2 Å². The highest BCUT2D eigenvalue weighted by Crippen LogP contribution is 2.13. The van der Waals surface area contributed by atoms with Crippen molar-refractivity contribution in [3.05, 3.63) is 96.1 Å². The van der Waals surface area contributed by atoms with Gasteiger partial charge in [-0.05, 0) is 54.2 Å². The Morgan fingerprint density at radius 2 is 1.28 bits per heavy atom. The fourth-order valence-corrected chi connectivity index (χ4v) is 2.84. The van der Waals surface area contributed by atoms with Gasteiger partial charge in [-0.2, -0.15) is 0 Å². The molecule has 0 saturated carbocycles. The molecule has 3 N–H and O–H groups in total. The van der Waals surface area contributed by atoms with Crippen molar-refractivity contribution in [2.45, 2.75) is 6.42 Å². The first-order chi connectivity index (χ1) is 15.6. The normalized spacial score (nSPS) is 10.0. The molecule has 3 aromatic carbocycles.